The number of hydrogen-bond donors (Lipinski definition) is 2. The molecule has 4 rings (SSSR count). The Bertz CT molecular complexity index is 867. The van der Waals surface area contributed by atoms with Crippen LogP contribution in [0.25, 0.3) is 0 Å². The number of hydrogen-bond acceptors (Lipinski definition) is 6. The fourth-order valence-electron chi connectivity index (χ4n) is 4.22. The lowest BCUT2D eigenvalue weighted by atomic mass is 9.86. The largest absolute Gasteiger partial charge is 0.353 e. The molecule has 0 bridgehead atoms. The highest BCUT2D eigenvalue weighted by atomic mass is 32.2. The van der Waals surface area contributed by atoms with Crippen LogP contribution in [0, 0.1) is 5.92 Å². The highest BCUT2D eigenvalue weighted by Crippen LogP contribution is 2.34. The summed E-state index contributed by atoms with van der Waals surface area (Å²) in [5, 5.41) is 7.28. The number of carbonyl (C=O) groups excluding carboxylic acids is 1. The van der Waals surface area contributed by atoms with Crippen molar-refractivity contribution in [3.8, 4) is 0 Å². The van der Waals surface area contributed by atoms with Crippen molar-refractivity contribution < 1.29 is 13.2 Å². The summed E-state index contributed by atoms with van der Waals surface area (Å²) in [6.45, 7) is 2.22. The van der Waals surface area contributed by atoms with Crippen molar-refractivity contribution >= 4 is 38.4 Å². The molecule has 1 amide bonds. The standard InChI is InChI=1S/C20H27N3O3S2/c1-13-4-2-3-5-16(13)22-19(24)10-14-6-8-15(9-7-14)21-20-23-17-11-28(25,26)12-18(17)27-20/h6-9,13,16-18H,2-5,10-12H2,1H3,(H,21,23)(H,22,24)/t13-,16+,17-,18+/m1/s1. The zero-order chi connectivity index (χ0) is 19.7. The maximum absolute atomic E-state index is 12.4. The number of aliphatic imine (C=N–C) groups is 1. The van der Waals surface area contributed by atoms with E-state index in [2.05, 4.69) is 22.5 Å². The third kappa shape index (κ3) is 4.71. The molecule has 2 fully saturated rings. The van der Waals surface area contributed by atoms with Crippen molar-refractivity contribution in [1.29, 1.82) is 0 Å². The Labute approximate surface area is 170 Å². The molecular weight excluding hydrogens is 394 g/mol. The first kappa shape index (κ1) is 19.8. The van der Waals surface area contributed by atoms with Gasteiger partial charge in [0.15, 0.2) is 15.0 Å². The van der Waals surface area contributed by atoms with Crippen LogP contribution in [-0.2, 0) is 21.1 Å². The van der Waals surface area contributed by atoms with Crippen LogP contribution < -0.4 is 10.6 Å². The zero-order valence-electron chi connectivity index (χ0n) is 16.1. The van der Waals surface area contributed by atoms with Gasteiger partial charge in [0.25, 0.3) is 0 Å². The first-order valence-electron chi connectivity index (χ1n) is 9.98. The number of nitrogens with zero attached hydrogens (tertiary/aromatic N) is 1. The third-order valence-electron chi connectivity index (χ3n) is 5.85. The lowest BCUT2D eigenvalue weighted by molar-refractivity contribution is -0.121. The van der Waals surface area contributed by atoms with Crippen molar-refractivity contribution in [1.82, 2.24) is 5.32 Å². The molecule has 152 valence electrons. The van der Waals surface area contributed by atoms with Gasteiger partial charge in [-0.25, -0.2) is 8.42 Å². The summed E-state index contributed by atoms with van der Waals surface area (Å²) < 4.78 is 23.3. The van der Waals surface area contributed by atoms with Crippen LogP contribution in [0.1, 0.15) is 38.2 Å². The molecule has 1 saturated heterocycles. The van der Waals surface area contributed by atoms with Gasteiger partial charge in [0, 0.05) is 17.0 Å². The van der Waals surface area contributed by atoms with Crippen LogP contribution in [0.2, 0.25) is 0 Å². The number of amidine groups is 1. The van der Waals surface area contributed by atoms with E-state index in [9.17, 15) is 13.2 Å². The summed E-state index contributed by atoms with van der Waals surface area (Å²) in [6, 6.07) is 7.99. The number of sulfone groups is 1. The smallest absolute Gasteiger partial charge is 0.224 e. The molecule has 2 aliphatic heterocycles. The van der Waals surface area contributed by atoms with Crippen LogP contribution >= 0.6 is 11.8 Å². The van der Waals surface area contributed by atoms with Gasteiger partial charge in [-0.1, -0.05) is 43.7 Å². The van der Waals surface area contributed by atoms with Crippen LogP contribution in [0.4, 0.5) is 5.69 Å². The van der Waals surface area contributed by atoms with Crippen LogP contribution in [0.5, 0.6) is 0 Å². The quantitative estimate of drug-likeness (QED) is 0.780. The number of fused-ring (bicyclic) bond motifs is 1. The topological polar surface area (TPSA) is 87.6 Å². The van der Waals surface area contributed by atoms with Crippen LogP contribution in [-0.4, -0.2) is 48.3 Å². The lowest BCUT2D eigenvalue weighted by Gasteiger charge is -2.29. The zero-order valence-corrected chi connectivity index (χ0v) is 17.7. The number of thioether (sulfide) groups is 1. The maximum Gasteiger partial charge on any atom is 0.224 e. The predicted octanol–water partition coefficient (Wildman–Crippen LogP) is 2.60. The van der Waals surface area contributed by atoms with E-state index in [0.717, 1.165) is 22.8 Å². The molecule has 1 aromatic carbocycles. The average Bonchev–Trinajstić information content (AvgIpc) is 3.11. The van der Waals surface area contributed by atoms with Gasteiger partial charge in [0.2, 0.25) is 5.91 Å². The van der Waals surface area contributed by atoms with E-state index in [1.165, 1.54) is 31.0 Å². The predicted molar refractivity (Wildman–Crippen MR) is 115 cm³/mol. The number of nitrogens with one attached hydrogen (secondary N) is 2. The van der Waals surface area contributed by atoms with E-state index in [0.29, 0.717) is 18.4 Å². The number of amides is 1. The highest BCUT2D eigenvalue weighted by molar-refractivity contribution is 8.15. The molecule has 0 radical (unpaired) electrons. The minimum atomic E-state index is -2.93. The molecular formula is C20H27N3O3S2. The molecule has 1 aromatic rings. The van der Waals surface area contributed by atoms with Gasteiger partial charge in [-0.05, 0) is 36.5 Å². The van der Waals surface area contributed by atoms with E-state index in [1.807, 2.05) is 24.3 Å². The highest BCUT2D eigenvalue weighted by Gasteiger charge is 2.42. The van der Waals surface area contributed by atoms with Gasteiger partial charge in [-0.15, -0.1) is 0 Å². The van der Waals surface area contributed by atoms with E-state index >= 15 is 0 Å². The summed E-state index contributed by atoms with van der Waals surface area (Å²) in [4.78, 5) is 16.9. The Morgan fingerprint density at radius 1 is 1.18 bits per heavy atom. The molecule has 6 nitrogen and oxygen atoms in total. The summed E-state index contributed by atoms with van der Waals surface area (Å²) >= 11 is 1.51. The van der Waals surface area contributed by atoms with Gasteiger partial charge in [0.05, 0.1) is 24.0 Å². The molecule has 8 heteroatoms. The summed E-state index contributed by atoms with van der Waals surface area (Å²) in [5.74, 6) is 1.02. The van der Waals surface area contributed by atoms with Gasteiger partial charge in [0.1, 0.15) is 0 Å². The molecule has 28 heavy (non-hydrogen) atoms. The third-order valence-corrected chi connectivity index (χ3v) is 8.99. The number of rotatable bonds is 4. The van der Waals surface area contributed by atoms with Crippen molar-refractivity contribution in [2.75, 3.05) is 16.8 Å². The van der Waals surface area contributed by atoms with Crippen molar-refractivity contribution in [2.24, 2.45) is 10.9 Å². The molecule has 0 aromatic heterocycles. The fourth-order valence-corrected chi connectivity index (χ4v) is 7.90. The van der Waals surface area contributed by atoms with Gasteiger partial charge < -0.3 is 10.6 Å². The summed E-state index contributed by atoms with van der Waals surface area (Å²) in [5.41, 5.74) is 1.88. The Hall–Kier alpha value is -1.54. The summed E-state index contributed by atoms with van der Waals surface area (Å²) in [6.07, 6.45) is 5.13. The van der Waals surface area contributed by atoms with Crippen LogP contribution in [0.15, 0.2) is 29.3 Å². The Balaban J connectivity index is 1.29. The van der Waals surface area contributed by atoms with E-state index in [1.54, 1.807) is 0 Å². The minimum absolute atomic E-state index is 0.0395. The Morgan fingerprint density at radius 2 is 1.93 bits per heavy atom. The number of anilines is 1. The lowest BCUT2D eigenvalue weighted by Crippen LogP contribution is -2.41. The molecule has 1 aliphatic carbocycles. The van der Waals surface area contributed by atoms with Gasteiger partial charge in [-0.2, -0.15) is 0 Å². The molecule has 3 aliphatic rings. The minimum Gasteiger partial charge on any atom is -0.353 e. The van der Waals surface area contributed by atoms with Crippen LogP contribution in [0.3, 0.4) is 0 Å². The molecule has 4 atom stereocenters. The van der Waals surface area contributed by atoms with Crippen molar-refractivity contribution in [3.63, 3.8) is 0 Å². The number of carbonyl (C=O) groups is 1. The normalized spacial score (nSPS) is 31.1. The maximum atomic E-state index is 12.4. The van der Waals surface area contributed by atoms with Crippen molar-refractivity contribution in [3.05, 3.63) is 29.8 Å². The summed E-state index contributed by atoms with van der Waals surface area (Å²) in [7, 11) is -2.93. The Kier molecular flexibility index (Phi) is 5.69. The van der Waals surface area contributed by atoms with E-state index in [4.69, 9.17) is 0 Å². The first-order valence-corrected chi connectivity index (χ1v) is 12.7. The molecule has 2 N–H and O–H groups in total. The van der Waals surface area contributed by atoms with E-state index in [-0.39, 0.29) is 28.7 Å². The second-order valence-corrected chi connectivity index (χ2v) is 11.6. The van der Waals surface area contributed by atoms with Gasteiger partial charge >= 0.3 is 0 Å². The second-order valence-electron chi connectivity index (χ2n) is 8.17. The molecule has 0 unspecified atom stereocenters. The monoisotopic (exact) mass is 421 g/mol. The number of benzene rings is 1. The molecule has 0 spiro atoms. The van der Waals surface area contributed by atoms with E-state index < -0.39 is 9.84 Å². The Morgan fingerprint density at radius 3 is 2.64 bits per heavy atom. The van der Waals surface area contributed by atoms with Crippen molar-refractivity contribution in [2.45, 2.75) is 56.4 Å². The molecule has 1 saturated carbocycles. The average molecular weight is 422 g/mol. The second kappa shape index (κ2) is 8.06. The first-order chi connectivity index (χ1) is 13.4. The molecule has 2 heterocycles. The fraction of sp³-hybridized carbons (Fsp3) is 0.600. The SMILES string of the molecule is C[C@@H]1CCCC[C@@H]1NC(=O)Cc1ccc(NC2=N[C@@H]3CS(=O)(=O)C[C@@H]3S2)cc1. The van der Waals surface area contributed by atoms with Gasteiger partial charge in [-0.3, -0.25) is 9.79 Å².